The molecule has 0 saturated heterocycles. The molecule has 1 unspecified atom stereocenters. The van der Waals surface area contributed by atoms with Crippen molar-refractivity contribution in [2.45, 2.75) is 97.3 Å². The van der Waals surface area contributed by atoms with E-state index in [1.807, 2.05) is 56.5 Å². The molecule has 4 aliphatic rings. The minimum absolute atomic E-state index is 0.133. The second-order valence-electron chi connectivity index (χ2n) is 16.2. The first kappa shape index (κ1) is 36.1. The molecule has 7 rings (SSSR count). The van der Waals surface area contributed by atoms with E-state index in [-0.39, 0.29) is 21.7 Å². The van der Waals surface area contributed by atoms with Crippen LogP contribution in [0.25, 0.3) is 0 Å². The van der Waals surface area contributed by atoms with E-state index >= 15 is 0 Å². The molecule has 3 aromatic rings. The van der Waals surface area contributed by atoms with Crippen LogP contribution in [0.2, 0.25) is 0 Å². The number of dihydropyridines is 1. The number of fused-ring (bicyclic) bond motifs is 4. The second-order valence-corrected chi connectivity index (χ2v) is 16.2. The smallest absolute Gasteiger partial charge is 0.219 e. The van der Waals surface area contributed by atoms with Gasteiger partial charge in [0, 0.05) is 48.5 Å². The normalized spacial score (nSPS) is 21.9. The van der Waals surface area contributed by atoms with Crippen LogP contribution in [0.1, 0.15) is 103 Å². The van der Waals surface area contributed by atoms with Gasteiger partial charge in [0.2, 0.25) is 17.7 Å². The Bertz CT molecular complexity index is 2120. The van der Waals surface area contributed by atoms with Gasteiger partial charge in [-0.2, -0.15) is 0 Å². The van der Waals surface area contributed by atoms with Crippen molar-refractivity contribution < 1.29 is 18.9 Å². The number of aliphatic imine (C=N–C) groups is 3. The molecule has 53 heavy (non-hydrogen) atoms. The Kier molecular flexibility index (Phi) is 9.51. The van der Waals surface area contributed by atoms with Crippen LogP contribution in [0.5, 0.6) is 28.9 Å². The third kappa shape index (κ3) is 7.24. The van der Waals surface area contributed by atoms with Gasteiger partial charge >= 0.3 is 0 Å². The lowest BCUT2D eigenvalue weighted by molar-refractivity contribution is 0.349. The monoisotopic (exact) mass is 710 g/mol. The summed E-state index contributed by atoms with van der Waals surface area (Å²) in [6, 6.07) is 14.4. The number of hydrogen-bond acceptors (Lipinski definition) is 8. The Balaban J connectivity index is 1.40. The maximum Gasteiger partial charge on any atom is 0.219 e. The molecule has 2 aromatic carbocycles. The van der Waals surface area contributed by atoms with Crippen molar-refractivity contribution in [3.63, 3.8) is 0 Å². The fourth-order valence-electron chi connectivity index (χ4n) is 8.16. The molecular formula is C45H50N4O4. The summed E-state index contributed by atoms with van der Waals surface area (Å²) in [6.07, 6.45) is 20.6. The molecule has 1 spiro atoms. The predicted octanol–water partition coefficient (Wildman–Crippen LogP) is 10.9. The van der Waals surface area contributed by atoms with Gasteiger partial charge in [-0.25, -0.2) is 15.0 Å². The van der Waals surface area contributed by atoms with Crippen molar-refractivity contribution in [3.8, 4) is 28.9 Å². The zero-order valence-electron chi connectivity index (χ0n) is 32.2. The number of allylic oxidation sites excluding steroid dienone is 3. The van der Waals surface area contributed by atoms with E-state index in [0.29, 0.717) is 59.5 Å². The van der Waals surface area contributed by atoms with Gasteiger partial charge in [0.1, 0.15) is 0 Å². The Hall–Kier alpha value is -5.24. The number of benzene rings is 2. The topological polar surface area (TPSA) is 86.9 Å². The van der Waals surface area contributed by atoms with Crippen LogP contribution in [-0.2, 0) is 16.2 Å². The summed E-state index contributed by atoms with van der Waals surface area (Å²) >= 11 is 0. The van der Waals surface area contributed by atoms with Crippen molar-refractivity contribution in [3.05, 3.63) is 120 Å². The van der Waals surface area contributed by atoms with E-state index < -0.39 is 0 Å². The minimum Gasteiger partial charge on any atom is -0.439 e. The van der Waals surface area contributed by atoms with E-state index in [2.05, 4.69) is 104 Å². The molecule has 1 atom stereocenters. The lowest BCUT2D eigenvalue weighted by Gasteiger charge is -2.31. The SMILES string of the molecule is CC=CN=C(CC)Oc1cc2c(cc1Oc1ccccn1)C(C)(C)CC21CC(C)(C)c2cc(OC3=NC=CC(C)(C)C=C3)c(OC3=NCCC=C3)cc21. The molecule has 2 aliphatic carbocycles. The number of ether oxygens (including phenoxy) is 4. The molecule has 0 bridgehead atoms. The van der Waals surface area contributed by atoms with Gasteiger partial charge in [0.05, 0.1) is 0 Å². The summed E-state index contributed by atoms with van der Waals surface area (Å²) in [4.78, 5) is 18.4. The minimum atomic E-state index is -0.348. The summed E-state index contributed by atoms with van der Waals surface area (Å²) in [5, 5.41) is 0. The Morgan fingerprint density at radius 2 is 1.45 bits per heavy atom. The number of hydrogen-bond donors (Lipinski definition) is 0. The zero-order chi connectivity index (χ0) is 37.4. The first-order valence-electron chi connectivity index (χ1n) is 18.7. The average Bonchev–Trinajstić information content (AvgIpc) is 3.37. The summed E-state index contributed by atoms with van der Waals surface area (Å²) in [7, 11) is 0. The van der Waals surface area contributed by atoms with Crippen LogP contribution in [0.15, 0.2) is 112 Å². The Morgan fingerprint density at radius 3 is 2.08 bits per heavy atom. The van der Waals surface area contributed by atoms with Gasteiger partial charge in [0.15, 0.2) is 28.9 Å². The van der Waals surface area contributed by atoms with Gasteiger partial charge < -0.3 is 18.9 Å². The summed E-state index contributed by atoms with van der Waals surface area (Å²) in [5.41, 5.74) is 4.02. The van der Waals surface area contributed by atoms with Crippen molar-refractivity contribution >= 4 is 17.7 Å². The van der Waals surface area contributed by atoms with Crippen molar-refractivity contribution in [2.75, 3.05) is 6.54 Å². The number of aromatic nitrogens is 1. The van der Waals surface area contributed by atoms with Gasteiger partial charge in [0.25, 0.3) is 0 Å². The molecule has 0 amide bonds. The molecule has 0 N–H and O–H groups in total. The lowest BCUT2D eigenvalue weighted by atomic mass is 9.72. The van der Waals surface area contributed by atoms with E-state index in [4.69, 9.17) is 18.9 Å². The van der Waals surface area contributed by atoms with Gasteiger partial charge in [-0.3, -0.25) is 4.99 Å². The van der Waals surface area contributed by atoms with Gasteiger partial charge in [-0.05, 0) is 102 Å². The maximum absolute atomic E-state index is 6.62. The maximum atomic E-state index is 6.62. The average molecular weight is 711 g/mol. The van der Waals surface area contributed by atoms with Crippen molar-refractivity contribution in [1.29, 1.82) is 0 Å². The van der Waals surface area contributed by atoms with Crippen LogP contribution in [0, 0.1) is 5.41 Å². The molecule has 0 fully saturated rings. The predicted molar refractivity (Wildman–Crippen MR) is 213 cm³/mol. The standard InChI is InChI=1S/C45H50N4O4/c1-9-20-46-38(10-2)50-36-26-32-30(24-34(36)51-39-15-11-13-21-47-39)43(5,6)28-45(32)29-44(7,8)31-25-35(53-41-17-18-42(3,4)19-23-49-41)37(27-33(31)45)52-40-16-12-14-22-48-40/h9,11-13,15-21,23-27H,10,14,22,28-29H2,1-8H3. The Labute approximate surface area is 313 Å². The van der Waals surface area contributed by atoms with E-state index in [0.717, 1.165) is 19.3 Å². The molecule has 0 radical (unpaired) electrons. The highest BCUT2D eigenvalue weighted by Gasteiger charge is 2.57. The highest BCUT2D eigenvalue weighted by Crippen LogP contribution is 2.65. The van der Waals surface area contributed by atoms with Crippen LogP contribution in [-0.4, -0.2) is 29.2 Å². The van der Waals surface area contributed by atoms with Crippen LogP contribution in [0.3, 0.4) is 0 Å². The zero-order valence-corrected chi connectivity index (χ0v) is 32.2. The fraction of sp³-hybridized carbons (Fsp3) is 0.378. The number of rotatable bonds is 7. The molecule has 2 aliphatic heterocycles. The van der Waals surface area contributed by atoms with E-state index in [9.17, 15) is 0 Å². The summed E-state index contributed by atoms with van der Waals surface area (Å²) in [6.45, 7) is 18.2. The third-order valence-corrected chi connectivity index (χ3v) is 10.5. The van der Waals surface area contributed by atoms with Crippen LogP contribution >= 0.6 is 0 Å². The second kappa shape index (κ2) is 14.0. The highest BCUT2D eigenvalue weighted by atomic mass is 16.5. The number of pyridine rings is 1. The first-order valence-corrected chi connectivity index (χ1v) is 18.7. The van der Waals surface area contributed by atoms with E-state index in [1.165, 1.54) is 22.3 Å². The lowest BCUT2D eigenvalue weighted by Crippen LogP contribution is -2.27. The first-order chi connectivity index (χ1) is 25.3. The largest absolute Gasteiger partial charge is 0.439 e. The van der Waals surface area contributed by atoms with Crippen molar-refractivity contribution in [2.24, 2.45) is 20.4 Å². The van der Waals surface area contributed by atoms with Crippen LogP contribution in [0.4, 0.5) is 0 Å². The van der Waals surface area contributed by atoms with E-state index in [1.54, 1.807) is 12.4 Å². The van der Waals surface area contributed by atoms with Crippen molar-refractivity contribution in [1.82, 2.24) is 4.98 Å². The molecule has 0 saturated carbocycles. The molecule has 8 nitrogen and oxygen atoms in total. The van der Waals surface area contributed by atoms with Gasteiger partial charge in [-0.15, -0.1) is 0 Å². The van der Waals surface area contributed by atoms with Gasteiger partial charge in [-0.1, -0.05) is 78.8 Å². The molecular weight excluding hydrogens is 661 g/mol. The highest BCUT2D eigenvalue weighted by molar-refractivity contribution is 5.93. The number of nitrogens with zero attached hydrogens (tertiary/aromatic N) is 4. The summed E-state index contributed by atoms with van der Waals surface area (Å²) < 4.78 is 26.3. The van der Waals surface area contributed by atoms with Crippen LogP contribution < -0.4 is 18.9 Å². The quantitative estimate of drug-likeness (QED) is 0.180. The molecule has 3 heterocycles. The molecule has 1 aromatic heterocycles. The summed E-state index contributed by atoms with van der Waals surface area (Å²) in [5.74, 6) is 4.60. The molecule has 274 valence electrons. The Morgan fingerprint density at radius 1 is 0.792 bits per heavy atom. The third-order valence-electron chi connectivity index (χ3n) is 10.5. The fourth-order valence-corrected chi connectivity index (χ4v) is 8.16. The molecule has 8 heteroatoms.